The van der Waals surface area contributed by atoms with Crippen molar-refractivity contribution in [2.24, 2.45) is 0 Å². The molecule has 0 radical (unpaired) electrons. The normalized spacial score (nSPS) is 13.2. The molecule has 0 saturated carbocycles. The van der Waals surface area contributed by atoms with Crippen molar-refractivity contribution < 1.29 is 19.1 Å². The molecule has 2 aromatic rings. The fourth-order valence-electron chi connectivity index (χ4n) is 2.15. The van der Waals surface area contributed by atoms with E-state index in [9.17, 15) is 9.59 Å². The van der Waals surface area contributed by atoms with Crippen LogP contribution in [0.1, 0.15) is 37.2 Å². The second-order valence-corrected chi connectivity index (χ2v) is 5.31. The average Bonchev–Trinajstić information content (AvgIpc) is 2.61. The van der Waals surface area contributed by atoms with E-state index in [1.54, 1.807) is 13.8 Å². The molecule has 0 amide bonds. The Balaban J connectivity index is 1.83. The maximum absolute atomic E-state index is 11.8. The van der Waals surface area contributed by atoms with Gasteiger partial charge in [0, 0.05) is 12.2 Å². The highest BCUT2D eigenvalue weighted by molar-refractivity contribution is 5.91. The SMILES string of the molecule is CC(OC(=O)/C=C/C(=O)OC(C)c1ccccc1)c1ccccc1. The van der Waals surface area contributed by atoms with Crippen LogP contribution in [-0.4, -0.2) is 11.9 Å². The highest BCUT2D eigenvalue weighted by Crippen LogP contribution is 2.17. The van der Waals surface area contributed by atoms with Crippen LogP contribution in [0.3, 0.4) is 0 Å². The minimum atomic E-state index is -0.587. The van der Waals surface area contributed by atoms with E-state index in [-0.39, 0.29) is 12.2 Å². The number of ether oxygens (including phenoxy) is 2. The van der Waals surface area contributed by atoms with Crippen molar-refractivity contribution in [3.8, 4) is 0 Å². The summed E-state index contributed by atoms with van der Waals surface area (Å²) < 4.78 is 10.5. The van der Waals surface area contributed by atoms with Gasteiger partial charge < -0.3 is 9.47 Å². The number of carbonyl (C=O) groups is 2. The number of hydrogen-bond donors (Lipinski definition) is 0. The number of esters is 2. The van der Waals surface area contributed by atoms with E-state index in [0.717, 1.165) is 23.3 Å². The molecule has 0 N–H and O–H groups in total. The molecule has 0 heterocycles. The smallest absolute Gasteiger partial charge is 0.331 e. The Morgan fingerprint density at radius 3 is 1.38 bits per heavy atom. The zero-order chi connectivity index (χ0) is 17.4. The molecule has 2 aromatic carbocycles. The lowest BCUT2D eigenvalue weighted by molar-refractivity contribution is -0.145. The molecule has 24 heavy (non-hydrogen) atoms. The second kappa shape index (κ2) is 8.67. The molecule has 0 aromatic heterocycles. The quantitative estimate of drug-likeness (QED) is 0.591. The highest BCUT2D eigenvalue weighted by Gasteiger charge is 2.11. The zero-order valence-corrected chi connectivity index (χ0v) is 13.7. The topological polar surface area (TPSA) is 52.6 Å². The van der Waals surface area contributed by atoms with E-state index in [4.69, 9.17) is 9.47 Å². The third-order valence-corrected chi connectivity index (χ3v) is 3.48. The molecule has 0 aliphatic rings. The van der Waals surface area contributed by atoms with Crippen LogP contribution < -0.4 is 0 Å². The molecule has 0 bridgehead atoms. The molecule has 4 heteroatoms. The van der Waals surface area contributed by atoms with Crippen LogP contribution in [0, 0.1) is 0 Å². The van der Waals surface area contributed by atoms with Crippen molar-refractivity contribution in [2.45, 2.75) is 26.1 Å². The molecule has 2 atom stereocenters. The van der Waals surface area contributed by atoms with Gasteiger partial charge in [0.15, 0.2) is 0 Å². The predicted molar refractivity (Wildman–Crippen MR) is 91.0 cm³/mol. The van der Waals surface area contributed by atoms with Crippen LogP contribution in [0.25, 0.3) is 0 Å². The van der Waals surface area contributed by atoms with Crippen LogP contribution >= 0.6 is 0 Å². The van der Waals surface area contributed by atoms with Gasteiger partial charge >= 0.3 is 11.9 Å². The lowest BCUT2D eigenvalue weighted by atomic mass is 10.1. The van der Waals surface area contributed by atoms with Gasteiger partial charge in [-0.3, -0.25) is 0 Å². The van der Waals surface area contributed by atoms with E-state index in [2.05, 4.69) is 0 Å². The minimum absolute atomic E-state index is 0.386. The molecule has 124 valence electrons. The first-order valence-corrected chi connectivity index (χ1v) is 7.75. The Morgan fingerprint density at radius 1 is 0.708 bits per heavy atom. The molecular formula is C20H20O4. The second-order valence-electron chi connectivity index (χ2n) is 5.31. The average molecular weight is 324 g/mol. The van der Waals surface area contributed by atoms with Crippen LogP contribution in [-0.2, 0) is 19.1 Å². The van der Waals surface area contributed by atoms with Crippen LogP contribution in [0.15, 0.2) is 72.8 Å². The molecule has 0 aliphatic heterocycles. The molecule has 0 aliphatic carbocycles. The Morgan fingerprint density at radius 2 is 1.04 bits per heavy atom. The molecule has 0 spiro atoms. The van der Waals surface area contributed by atoms with Crippen molar-refractivity contribution in [1.82, 2.24) is 0 Å². The van der Waals surface area contributed by atoms with Gasteiger partial charge in [-0.1, -0.05) is 60.7 Å². The van der Waals surface area contributed by atoms with E-state index in [0.29, 0.717) is 0 Å². The summed E-state index contributed by atoms with van der Waals surface area (Å²) in [6.45, 7) is 3.55. The summed E-state index contributed by atoms with van der Waals surface area (Å²) in [7, 11) is 0. The number of carbonyl (C=O) groups excluding carboxylic acids is 2. The molecule has 4 nitrogen and oxygen atoms in total. The molecule has 0 saturated heterocycles. The van der Waals surface area contributed by atoms with Crippen LogP contribution in [0.2, 0.25) is 0 Å². The van der Waals surface area contributed by atoms with Crippen LogP contribution in [0.4, 0.5) is 0 Å². The minimum Gasteiger partial charge on any atom is -0.455 e. The van der Waals surface area contributed by atoms with Crippen molar-refractivity contribution in [3.63, 3.8) is 0 Å². The molecule has 0 fully saturated rings. The number of rotatable bonds is 6. The first-order valence-electron chi connectivity index (χ1n) is 7.75. The summed E-state index contributed by atoms with van der Waals surface area (Å²) >= 11 is 0. The maximum Gasteiger partial charge on any atom is 0.331 e. The van der Waals surface area contributed by atoms with Gasteiger partial charge in [0.25, 0.3) is 0 Å². The maximum atomic E-state index is 11.8. The summed E-state index contributed by atoms with van der Waals surface area (Å²) in [6.07, 6.45) is 1.39. The van der Waals surface area contributed by atoms with Gasteiger partial charge in [0.2, 0.25) is 0 Å². The predicted octanol–water partition coefficient (Wildman–Crippen LogP) is 4.15. The molecular weight excluding hydrogens is 304 g/mol. The Hall–Kier alpha value is -2.88. The summed E-state index contributed by atoms with van der Waals surface area (Å²) in [5.74, 6) is -1.17. The van der Waals surface area contributed by atoms with Gasteiger partial charge in [0.1, 0.15) is 12.2 Å². The van der Waals surface area contributed by atoms with E-state index >= 15 is 0 Å². The Kier molecular flexibility index (Phi) is 6.32. The van der Waals surface area contributed by atoms with Gasteiger partial charge in [-0.2, -0.15) is 0 Å². The fourth-order valence-corrected chi connectivity index (χ4v) is 2.15. The van der Waals surface area contributed by atoms with E-state index in [1.165, 1.54) is 0 Å². The summed E-state index contributed by atoms with van der Waals surface area (Å²) in [5, 5.41) is 0. The zero-order valence-electron chi connectivity index (χ0n) is 13.7. The highest BCUT2D eigenvalue weighted by atomic mass is 16.5. The van der Waals surface area contributed by atoms with Crippen molar-refractivity contribution in [1.29, 1.82) is 0 Å². The van der Waals surface area contributed by atoms with Crippen molar-refractivity contribution >= 4 is 11.9 Å². The Bertz CT molecular complexity index is 631. The van der Waals surface area contributed by atoms with E-state index in [1.807, 2.05) is 60.7 Å². The molecule has 2 rings (SSSR count). The number of hydrogen-bond acceptors (Lipinski definition) is 4. The van der Waals surface area contributed by atoms with Gasteiger partial charge in [0.05, 0.1) is 0 Å². The monoisotopic (exact) mass is 324 g/mol. The van der Waals surface area contributed by atoms with Gasteiger partial charge in [-0.15, -0.1) is 0 Å². The first kappa shape index (κ1) is 17.5. The van der Waals surface area contributed by atoms with Crippen LogP contribution in [0.5, 0.6) is 0 Å². The first-order chi connectivity index (χ1) is 11.6. The third-order valence-electron chi connectivity index (χ3n) is 3.48. The van der Waals surface area contributed by atoms with Crippen molar-refractivity contribution in [2.75, 3.05) is 0 Å². The standard InChI is InChI=1S/C20H20O4/c1-15(17-9-5-3-6-10-17)23-19(21)13-14-20(22)24-16(2)18-11-7-4-8-12-18/h3-16H,1-2H3/b14-13+. The summed E-state index contributed by atoms with van der Waals surface area (Å²) in [4.78, 5) is 23.5. The lowest BCUT2D eigenvalue weighted by Crippen LogP contribution is -2.09. The van der Waals surface area contributed by atoms with Gasteiger partial charge in [-0.25, -0.2) is 9.59 Å². The summed E-state index contributed by atoms with van der Waals surface area (Å²) in [6, 6.07) is 18.8. The lowest BCUT2D eigenvalue weighted by Gasteiger charge is -2.12. The number of benzene rings is 2. The fraction of sp³-hybridized carbons (Fsp3) is 0.200. The Labute approximate surface area is 141 Å². The molecule has 2 unspecified atom stereocenters. The third kappa shape index (κ3) is 5.39. The van der Waals surface area contributed by atoms with E-state index < -0.39 is 11.9 Å². The van der Waals surface area contributed by atoms with Crippen molar-refractivity contribution in [3.05, 3.63) is 83.9 Å². The largest absolute Gasteiger partial charge is 0.455 e. The summed E-state index contributed by atoms with van der Waals surface area (Å²) in [5.41, 5.74) is 1.78. The van der Waals surface area contributed by atoms with Gasteiger partial charge in [-0.05, 0) is 25.0 Å².